The van der Waals surface area contributed by atoms with E-state index in [-0.39, 0.29) is 11.5 Å². The van der Waals surface area contributed by atoms with Crippen LogP contribution < -0.4 is 4.74 Å². The molecule has 0 aliphatic heterocycles. The van der Waals surface area contributed by atoms with E-state index in [9.17, 15) is 0 Å². The first-order chi connectivity index (χ1) is 9.36. The molecule has 0 aliphatic rings. The lowest BCUT2D eigenvalue weighted by Gasteiger charge is -2.22. The molecule has 2 heteroatoms. The van der Waals surface area contributed by atoms with Gasteiger partial charge in [0.25, 0.3) is 0 Å². The molecule has 1 atom stereocenters. The summed E-state index contributed by atoms with van der Waals surface area (Å²) in [4.78, 5) is 0. The first kappa shape index (κ1) is 14.9. The van der Waals surface area contributed by atoms with Gasteiger partial charge in [-0.2, -0.15) is 0 Å². The Morgan fingerprint density at radius 1 is 1.00 bits per heavy atom. The number of para-hydroxylation sites is 1. The lowest BCUT2D eigenvalue weighted by atomic mass is 9.86. The Morgan fingerprint density at radius 2 is 1.65 bits per heavy atom. The molecular weight excluding hydrogens is 268 g/mol. The summed E-state index contributed by atoms with van der Waals surface area (Å²) in [7, 11) is 0. The predicted molar refractivity (Wildman–Crippen MR) is 85.6 cm³/mol. The van der Waals surface area contributed by atoms with E-state index in [4.69, 9.17) is 16.3 Å². The van der Waals surface area contributed by atoms with E-state index < -0.39 is 0 Å². The van der Waals surface area contributed by atoms with Gasteiger partial charge >= 0.3 is 0 Å². The van der Waals surface area contributed by atoms with Gasteiger partial charge in [0.1, 0.15) is 11.9 Å². The van der Waals surface area contributed by atoms with Crippen LogP contribution >= 0.6 is 11.6 Å². The van der Waals surface area contributed by atoms with Gasteiger partial charge in [-0.3, -0.25) is 0 Å². The van der Waals surface area contributed by atoms with Crippen molar-refractivity contribution in [3.05, 3.63) is 64.7 Å². The van der Waals surface area contributed by atoms with E-state index in [1.807, 2.05) is 49.4 Å². The van der Waals surface area contributed by atoms with Crippen LogP contribution in [0.4, 0.5) is 0 Å². The van der Waals surface area contributed by atoms with Crippen molar-refractivity contribution in [1.29, 1.82) is 0 Å². The van der Waals surface area contributed by atoms with Crippen LogP contribution in [-0.4, -0.2) is 0 Å². The first-order valence-corrected chi connectivity index (χ1v) is 7.27. The highest BCUT2D eigenvalue weighted by molar-refractivity contribution is 6.30. The van der Waals surface area contributed by atoms with Crippen LogP contribution in [0.15, 0.2) is 48.5 Å². The molecule has 1 unspecified atom stereocenters. The van der Waals surface area contributed by atoms with Crippen LogP contribution in [-0.2, 0) is 5.41 Å². The number of benzene rings is 2. The molecule has 0 saturated carbocycles. The van der Waals surface area contributed by atoms with Gasteiger partial charge in [-0.05, 0) is 47.7 Å². The molecule has 0 bridgehead atoms. The first-order valence-electron chi connectivity index (χ1n) is 6.89. The van der Waals surface area contributed by atoms with Gasteiger partial charge in [0.2, 0.25) is 0 Å². The molecule has 1 nitrogen and oxygen atoms in total. The fourth-order valence-corrected chi connectivity index (χ4v) is 2.29. The lowest BCUT2D eigenvalue weighted by molar-refractivity contribution is 0.226. The fourth-order valence-electron chi connectivity index (χ4n) is 2.05. The molecule has 0 saturated heterocycles. The normalized spacial score (nSPS) is 13.1. The van der Waals surface area contributed by atoms with Crippen LogP contribution in [0.25, 0.3) is 0 Å². The minimum absolute atomic E-state index is 0.0304. The summed E-state index contributed by atoms with van der Waals surface area (Å²) in [5, 5.41) is 0.760. The van der Waals surface area contributed by atoms with Crippen molar-refractivity contribution >= 4 is 11.6 Å². The van der Waals surface area contributed by atoms with Crippen LogP contribution in [0.2, 0.25) is 5.02 Å². The van der Waals surface area contributed by atoms with Crippen LogP contribution in [0, 0.1) is 0 Å². The van der Waals surface area contributed by atoms with Gasteiger partial charge in [-0.15, -0.1) is 0 Å². The molecule has 20 heavy (non-hydrogen) atoms. The topological polar surface area (TPSA) is 9.23 Å². The number of hydrogen-bond donors (Lipinski definition) is 0. The van der Waals surface area contributed by atoms with E-state index in [0.717, 1.165) is 16.3 Å². The highest BCUT2D eigenvalue weighted by atomic mass is 35.5. The maximum absolute atomic E-state index is 6.25. The van der Waals surface area contributed by atoms with E-state index >= 15 is 0 Å². The van der Waals surface area contributed by atoms with Crippen molar-refractivity contribution in [3.8, 4) is 5.75 Å². The Balaban J connectivity index is 2.26. The molecule has 0 N–H and O–H groups in total. The monoisotopic (exact) mass is 288 g/mol. The van der Waals surface area contributed by atoms with Crippen molar-refractivity contribution in [1.82, 2.24) is 0 Å². The lowest BCUT2D eigenvalue weighted by Crippen LogP contribution is -2.13. The average Bonchev–Trinajstić information content (AvgIpc) is 2.38. The summed E-state index contributed by atoms with van der Waals surface area (Å²) in [6.45, 7) is 8.60. The second-order valence-electron chi connectivity index (χ2n) is 6.10. The molecule has 0 amide bonds. The van der Waals surface area contributed by atoms with E-state index in [1.165, 1.54) is 5.56 Å². The van der Waals surface area contributed by atoms with Crippen molar-refractivity contribution in [3.63, 3.8) is 0 Å². The fraction of sp³-hybridized carbons (Fsp3) is 0.333. The van der Waals surface area contributed by atoms with Gasteiger partial charge in [0, 0.05) is 5.02 Å². The molecule has 0 fully saturated rings. The second kappa shape index (κ2) is 5.88. The molecular formula is C18H21ClO. The molecule has 0 spiro atoms. The number of rotatable bonds is 3. The van der Waals surface area contributed by atoms with Crippen LogP contribution in [0.3, 0.4) is 0 Å². The minimum Gasteiger partial charge on any atom is -0.486 e. The van der Waals surface area contributed by atoms with Crippen molar-refractivity contribution in [2.75, 3.05) is 0 Å². The summed E-state index contributed by atoms with van der Waals surface area (Å²) in [6, 6.07) is 16.0. The Bertz CT molecular complexity index is 570. The number of hydrogen-bond acceptors (Lipinski definition) is 1. The minimum atomic E-state index is -0.0304. The van der Waals surface area contributed by atoms with E-state index in [1.54, 1.807) is 0 Å². The summed E-state index contributed by atoms with van der Waals surface area (Å²) in [5.74, 6) is 0.872. The molecule has 0 heterocycles. The number of halogens is 1. The highest BCUT2D eigenvalue weighted by Crippen LogP contribution is 2.30. The molecule has 2 rings (SSSR count). The zero-order valence-electron chi connectivity index (χ0n) is 12.5. The van der Waals surface area contributed by atoms with E-state index in [0.29, 0.717) is 0 Å². The summed E-state index contributed by atoms with van der Waals surface area (Å²) >= 11 is 6.25. The van der Waals surface area contributed by atoms with Gasteiger partial charge in [0.15, 0.2) is 0 Å². The quantitative estimate of drug-likeness (QED) is 0.696. The number of ether oxygens (including phenoxy) is 1. The van der Waals surface area contributed by atoms with Crippen molar-refractivity contribution in [2.45, 2.75) is 39.2 Å². The summed E-state index contributed by atoms with van der Waals surface area (Å²) < 4.78 is 5.96. The standard InChI is InChI=1S/C18H21ClO/c1-13(20-17-8-6-5-7-9-17)14-10-15(18(2,3)4)12-16(19)11-14/h5-13H,1-4H3. The predicted octanol–water partition coefficient (Wildman–Crippen LogP) is 5.78. The van der Waals surface area contributed by atoms with Gasteiger partial charge in [-0.25, -0.2) is 0 Å². The molecule has 2 aromatic carbocycles. The highest BCUT2D eigenvalue weighted by Gasteiger charge is 2.17. The zero-order valence-corrected chi connectivity index (χ0v) is 13.2. The van der Waals surface area contributed by atoms with E-state index in [2.05, 4.69) is 26.8 Å². The summed E-state index contributed by atoms with van der Waals surface area (Å²) in [5.41, 5.74) is 2.40. The molecule has 0 radical (unpaired) electrons. The Morgan fingerprint density at radius 3 is 2.25 bits per heavy atom. The Hall–Kier alpha value is -1.47. The Labute approximate surface area is 126 Å². The second-order valence-corrected chi connectivity index (χ2v) is 6.53. The molecule has 2 aromatic rings. The third-order valence-electron chi connectivity index (χ3n) is 3.31. The molecule has 106 valence electrons. The summed E-state index contributed by atoms with van der Waals surface area (Å²) in [6.07, 6.45) is -0.0304. The van der Waals surface area contributed by atoms with Gasteiger partial charge < -0.3 is 4.74 Å². The van der Waals surface area contributed by atoms with Crippen molar-refractivity contribution in [2.24, 2.45) is 0 Å². The average molecular weight is 289 g/mol. The SMILES string of the molecule is CC(Oc1ccccc1)c1cc(Cl)cc(C(C)(C)C)c1. The maximum atomic E-state index is 6.25. The van der Waals surface area contributed by atoms with Gasteiger partial charge in [0.05, 0.1) is 0 Å². The zero-order chi connectivity index (χ0) is 14.8. The third kappa shape index (κ3) is 3.77. The smallest absolute Gasteiger partial charge is 0.121 e. The molecule has 0 aliphatic carbocycles. The van der Waals surface area contributed by atoms with Crippen LogP contribution in [0.1, 0.15) is 44.9 Å². The largest absolute Gasteiger partial charge is 0.486 e. The van der Waals surface area contributed by atoms with Gasteiger partial charge in [-0.1, -0.05) is 56.6 Å². The Kier molecular flexibility index (Phi) is 4.39. The maximum Gasteiger partial charge on any atom is 0.121 e. The third-order valence-corrected chi connectivity index (χ3v) is 3.53. The van der Waals surface area contributed by atoms with Crippen LogP contribution in [0.5, 0.6) is 5.75 Å². The van der Waals surface area contributed by atoms with Crippen molar-refractivity contribution < 1.29 is 4.74 Å². The molecule has 0 aromatic heterocycles.